The Morgan fingerprint density at radius 1 is 1.08 bits per heavy atom. The predicted molar refractivity (Wildman–Crippen MR) is 133 cm³/mol. The summed E-state index contributed by atoms with van der Waals surface area (Å²) >= 11 is 1.61. The van der Waals surface area contributed by atoms with Gasteiger partial charge in [0.15, 0.2) is 11.6 Å². The number of amides is 2. The van der Waals surface area contributed by atoms with Gasteiger partial charge < -0.3 is 19.3 Å². The van der Waals surface area contributed by atoms with Gasteiger partial charge in [-0.1, -0.05) is 24.3 Å². The maximum atomic E-state index is 14.4. The van der Waals surface area contributed by atoms with Crippen LogP contribution in [0.1, 0.15) is 33.3 Å². The van der Waals surface area contributed by atoms with Crippen molar-refractivity contribution in [3.05, 3.63) is 87.6 Å². The first kappa shape index (κ1) is 25.8. The normalized spacial score (nSPS) is 14.9. The first-order valence-corrected chi connectivity index (χ1v) is 12.6. The molecule has 1 aromatic heterocycles. The number of para-hydroxylation sites is 1. The highest BCUT2D eigenvalue weighted by Crippen LogP contribution is 2.34. The summed E-state index contributed by atoms with van der Waals surface area (Å²) in [6.07, 6.45) is 1.18. The predicted octanol–water partition coefficient (Wildman–Crippen LogP) is 4.71. The van der Waals surface area contributed by atoms with Crippen LogP contribution in [0.15, 0.2) is 60.0 Å². The largest absolute Gasteiger partial charge is 0.488 e. The summed E-state index contributed by atoms with van der Waals surface area (Å²) in [5, 5.41) is 1.97. The number of thiophene rings is 1. The minimum atomic E-state index is -0.635. The highest BCUT2D eigenvalue weighted by Gasteiger charge is 2.34. The molecule has 0 aliphatic carbocycles. The number of benzene rings is 2. The average Bonchev–Trinajstić information content (AvgIpc) is 3.37. The molecule has 0 fully saturated rings. The van der Waals surface area contributed by atoms with Crippen LogP contribution in [0.5, 0.6) is 5.75 Å². The van der Waals surface area contributed by atoms with Gasteiger partial charge in [-0.05, 0) is 54.1 Å². The highest BCUT2D eigenvalue weighted by molar-refractivity contribution is 7.10. The van der Waals surface area contributed by atoms with E-state index in [1.807, 2.05) is 11.4 Å². The molecule has 0 saturated carbocycles. The second kappa shape index (κ2) is 12.1. The second-order valence-electron chi connectivity index (χ2n) is 8.45. The Labute approximate surface area is 213 Å². The Hall–Kier alpha value is -3.30. The minimum absolute atomic E-state index is 0.0708. The lowest BCUT2D eigenvalue weighted by molar-refractivity contribution is -0.135. The standard InChI is InChI=1S/C27H28F2N2O4S/c1-34-15-6-13-30(27(33)19-7-2-3-8-21(19)28)17-26(32)31-14-11-25-20(12-16-36-25)23(31)18-35-24-10-5-4-9-22(24)29/h2-5,7-10,12,16,23H,6,11,13-15,17-18H2,1H3. The van der Waals surface area contributed by atoms with E-state index in [1.165, 1.54) is 29.2 Å². The first-order chi connectivity index (χ1) is 17.5. The number of ether oxygens (including phenoxy) is 2. The van der Waals surface area contributed by atoms with Crippen LogP contribution in [0, 0.1) is 11.6 Å². The molecule has 1 aliphatic rings. The van der Waals surface area contributed by atoms with E-state index in [9.17, 15) is 18.4 Å². The van der Waals surface area contributed by atoms with Crippen LogP contribution in [0.2, 0.25) is 0 Å². The summed E-state index contributed by atoms with van der Waals surface area (Å²) in [6, 6.07) is 13.4. The van der Waals surface area contributed by atoms with Crippen molar-refractivity contribution >= 4 is 23.2 Å². The van der Waals surface area contributed by atoms with Gasteiger partial charge in [0.2, 0.25) is 5.91 Å². The summed E-state index contributed by atoms with van der Waals surface area (Å²) in [6.45, 7) is 0.933. The number of fused-ring (bicyclic) bond motifs is 1. The zero-order chi connectivity index (χ0) is 25.5. The van der Waals surface area contributed by atoms with Gasteiger partial charge in [-0.15, -0.1) is 11.3 Å². The van der Waals surface area contributed by atoms with Crippen molar-refractivity contribution in [1.82, 2.24) is 9.80 Å². The number of rotatable bonds is 10. The number of carbonyl (C=O) groups excluding carboxylic acids is 2. The van der Waals surface area contributed by atoms with Crippen molar-refractivity contribution in [3.63, 3.8) is 0 Å². The fraction of sp³-hybridized carbons (Fsp3) is 0.333. The molecular weight excluding hydrogens is 486 g/mol. The monoisotopic (exact) mass is 514 g/mol. The van der Waals surface area contributed by atoms with Crippen LogP contribution in [0.4, 0.5) is 8.78 Å². The molecule has 0 spiro atoms. The Balaban J connectivity index is 1.54. The zero-order valence-electron chi connectivity index (χ0n) is 20.0. The Morgan fingerprint density at radius 2 is 1.83 bits per heavy atom. The number of carbonyl (C=O) groups is 2. The first-order valence-electron chi connectivity index (χ1n) is 11.8. The lowest BCUT2D eigenvalue weighted by Crippen LogP contribution is -2.48. The maximum absolute atomic E-state index is 14.4. The molecule has 6 nitrogen and oxygen atoms in total. The Bertz CT molecular complexity index is 1200. The summed E-state index contributed by atoms with van der Waals surface area (Å²) in [7, 11) is 1.56. The summed E-state index contributed by atoms with van der Waals surface area (Å²) in [5.74, 6) is -1.83. The van der Waals surface area contributed by atoms with Crippen LogP contribution in [0.25, 0.3) is 0 Å². The molecule has 2 heterocycles. The molecular formula is C27H28F2N2O4S. The fourth-order valence-corrected chi connectivity index (χ4v) is 5.24. The lowest BCUT2D eigenvalue weighted by atomic mass is 10.0. The molecule has 190 valence electrons. The van der Waals surface area contributed by atoms with Gasteiger partial charge in [0.1, 0.15) is 19.0 Å². The van der Waals surface area contributed by atoms with Gasteiger partial charge in [-0.25, -0.2) is 8.78 Å². The molecule has 0 saturated heterocycles. The van der Waals surface area contributed by atoms with Crippen molar-refractivity contribution in [1.29, 1.82) is 0 Å². The van der Waals surface area contributed by atoms with Crippen molar-refractivity contribution < 1.29 is 27.8 Å². The van der Waals surface area contributed by atoms with Gasteiger partial charge in [-0.3, -0.25) is 9.59 Å². The van der Waals surface area contributed by atoms with E-state index in [0.717, 1.165) is 10.4 Å². The van der Waals surface area contributed by atoms with Crippen LogP contribution in [-0.2, 0) is 16.0 Å². The number of hydrogen-bond donors (Lipinski definition) is 0. The fourth-order valence-electron chi connectivity index (χ4n) is 4.32. The van der Waals surface area contributed by atoms with E-state index in [2.05, 4.69) is 0 Å². The van der Waals surface area contributed by atoms with Crippen LogP contribution < -0.4 is 4.74 Å². The Morgan fingerprint density at radius 3 is 2.58 bits per heavy atom. The molecule has 4 rings (SSSR count). The smallest absolute Gasteiger partial charge is 0.257 e. The van der Waals surface area contributed by atoms with Crippen molar-refractivity contribution in [3.8, 4) is 5.75 Å². The molecule has 3 aromatic rings. The molecule has 36 heavy (non-hydrogen) atoms. The molecule has 0 N–H and O–H groups in total. The number of halogens is 2. The van der Waals surface area contributed by atoms with Crippen LogP contribution in [-0.4, -0.2) is 61.6 Å². The van der Waals surface area contributed by atoms with Gasteiger partial charge in [-0.2, -0.15) is 0 Å². The summed E-state index contributed by atoms with van der Waals surface area (Å²) in [4.78, 5) is 30.9. The third-order valence-electron chi connectivity index (χ3n) is 6.14. The second-order valence-corrected chi connectivity index (χ2v) is 9.45. The topological polar surface area (TPSA) is 59.1 Å². The van der Waals surface area contributed by atoms with Crippen LogP contribution >= 0.6 is 11.3 Å². The van der Waals surface area contributed by atoms with E-state index >= 15 is 0 Å². The van der Waals surface area contributed by atoms with Crippen molar-refractivity contribution in [2.75, 3.05) is 40.0 Å². The van der Waals surface area contributed by atoms with Gasteiger partial charge in [0.05, 0.1) is 11.6 Å². The summed E-state index contributed by atoms with van der Waals surface area (Å²) < 4.78 is 39.4. The van der Waals surface area contributed by atoms with E-state index < -0.39 is 23.6 Å². The Kier molecular flexibility index (Phi) is 8.66. The van der Waals surface area contributed by atoms with Gasteiger partial charge in [0.25, 0.3) is 5.91 Å². The molecule has 1 atom stereocenters. The number of hydrogen-bond acceptors (Lipinski definition) is 5. The van der Waals surface area contributed by atoms with Crippen LogP contribution in [0.3, 0.4) is 0 Å². The van der Waals surface area contributed by atoms with E-state index in [-0.39, 0.29) is 36.9 Å². The van der Waals surface area contributed by atoms with E-state index in [0.29, 0.717) is 26.0 Å². The lowest BCUT2D eigenvalue weighted by Gasteiger charge is -2.37. The zero-order valence-corrected chi connectivity index (χ0v) is 20.8. The summed E-state index contributed by atoms with van der Waals surface area (Å²) in [5.41, 5.74) is 0.878. The highest BCUT2D eigenvalue weighted by atomic mass is 32.1. The van der Waals surface area contributed by atoms with Crippen molar-refractivity contribution in [2.45, 2.75) is 18.9 Å². The quantitative estimate of drug-likeness (QED) is 0.368. The van der Waals surface area contributed by atoms with Crippen molar-refractivity contribution in [2.24, 2.45) is 0 Å². The molecule has 0 bridgehead atoms. The molecule has 0 radical (unpaired) electrons. The minimum Gasteiger partial charge on any atom is -0.488 e. The third kappa shape index (κ3) is 5.91. The molecule has 2 amide bonds. The van der Waals surface area contributed by atoms with Gasteiger partial charge in [0, 0.05) is 31.7 Å². The molecule has 2 aromatic carbocycles. The third-order valence-corrected chi connectivity index (χ3v) is 7.14. The van der Waals surface area contributed by atoms with E-state index in [1.54, 1.807) is 47.6 Å². The maximum Gasteiger partial charge on any atom is 0.257 e. The molecule has 9 heteroatoms. The number of nitrogens with zero attached hydrogens (tertiary/aromatic N) is 2. The SMILES string of the molecule is COCCCN(CC(=O)N1CCc2sccc2C1COc1ccccc1F)C(=O)c1ccccc1F. The number of methoxy groups -OCH3 is 1. The average molecular weight is 515 g/mol. The molecule has 1 aliphatic heterocycles. The van der Waals surface area contributed by atoms with Gasteiger partial charge >= 0.3 is 0 Å². The molecule has 1 unspecified atom stereocenters. The van der Waals surface area contributed by atoms with E-state index in [4.69, 9.17) is 9.47 Å².